The number of benzene rings is 1. The summed E-state index contributed by atoms with van der Waals surface area (Å²) in [5.74, 6) is 0. The molecule has 1 heterocycles. The minimum atomic E-state index is -0.0418. The van der Waals surface area contributed by atoms with Crippen LogP contribution < -0.4 is 5.32 Å². The Bertz CT molecular complexity index is 350. The second-order valence-corrected chi connectivity index (χ2v) is 3.87. The predicted octanol–water partition coefficient (Wildman–Crippen LogP) is 2.58. The zero-order valence-corrected chi connectivity index (χ0v) is 8.58. The molecule has 0 spiro atoms. The third-order valence-electron chi connectivity index (χ3n) is 2.22. The van der Waals surface area contributed by atoms with E-state index in [1.54, 1.807) is 29.2 Å². The molecule has 14 heavy (non-hydrogen) atoms. The molecule has 1 aromatic rings. The van der Waals surface area contributed by atoms with Gasteiger partial charge in [-0.2, -0.15) is 0 Å². The van der Waals surface area contributed by atoms with Crippen LogP contribution in [0.25, 0.3) is 0 Å². The van der Waals surface area contributed by atoms with E-state index < -0.39 is 0 Å². The van der Waals surface area contributed by atoms with Gasteiger partial charge in [-0.05, 0) is 31.2 Å². The quantitative estimate of drug-likeness (QED) is 0.710. The van der Waals surface area contributed by atoms with Crippen LogP contribution in [-0.2, 0) is 0 Å². The SMILES string of the molecule is C[C@@H]1CN1C(=O)Nc1ccc(Cl)cc1. The van der Waals surface area contributed by atoms with Gasteiger partial charge in [-0.25, -0.2) is 4.79 Å². The molecule has 4 heteroatoms. The van der Waals surface area contributed by atoms with Gasteiger partial charge in [0, 0.05) is 23.3 Å². The first-order chi connectivity index (χ1) is 6.66. The van der Waals surface area contributed by atoms with Gasteiger partial charge in [0.2, 0.25) is 0 Å². The van der Waals surface area contributed by atoms with Crippen molar-refractivity contribution in [1.29, 1.82) is 0 Å². The Morgan fingerprint density at radius 2 is 2.07 bits per heavy atom. The smallest absolute Gasteiger partial charge is 0.318 e. The molecule has 1 atom stereocenters. The topological polar surface area (TPSA) is 32.1 Å². The first-order valence-corrected chi connectivity index (χ1v) is 4.88. The molecule has 1 aliphatic rings. The molecule has 0 saturated carbocycles. The lowest BCUT2D eigenvalue weighted by Crippen LogP contribution is -2.19. The van der Waals surface area contributed by atoms with E-state index in [1.165, 1.54) is 0 Å². The summed E-state index contributed by atoms with van der Waals surface area (Å²) < 4.78 is 0. The summed E-state index contributed by atoms with van der Waals surface area (Å²) in [7, 11) is 0. The molecule has 1 fully saturated rings. The van der Waals surface area contributed by atoms with Crippen LogP contribution in [0.4, 0.5) is 10.5 Å². The minimum Gasteiger partial charge on any atom is -0.318 e. The van der Waals surface area contributed by atoms with Gasteiger partial charge in [0.25, 0.3) is 0 Å². The van der Waals surface area contributed by atoms with Crippen LogP contribution in [0.3, 0.4) is 0 Å². The van der Waals surface area contributed by atoms with Gasteiger partial charge in [0.05, 0.1) is 0 Å². The number of carbonyl (C=O) groups excluding carboxylic acids is 1. The van der Waals surface area contributed by atoms with Gasteiger partial charge in [0.1, 0.15) is 0 Å². The predicted molar refractivity (Wildman–Crippen MR) is 56.6 cm³/mol. The van der Waals surface area contributed by atoms with Crippen molar-refractivity contribution in [1.82, 2.24) is 4.90 Å². The fraction of sp³-hybridized carbons (Fsp3) is 0.300. The fourth-order valence-corrected chi connectivity index (χ4v) is 1.38. The third-order valence-corrected chi connectivity index (χ3v) is 2.47. The summed E-state index contributed by atoms with van der Waals surface area (Å²) in [6.45, 7) is 2.86. The van der Waals surface area contributed by atoms with Crippen molar-refractivity contribution < 1.29 is 4.79 Å². The molecule has 74 valence electrons. The number of halogens is 1. The maximum Gasteiger partial charge on any atom is 0.322 e. The summed E-state index contributed by atoms with van der Waals surface area (Å²) in [5.41, 5.74) is 0.776. The summed E-state index contributed by atoms with van der Waals surface area (Å²) in [4.78, 5) is 13.2. The largest absolute Gasteiger partial charge is 0.322 e. The number of hydrogen-bond donors (Lipinski definition) is 1. The molecule has 2 amide bonds. The van der Waals surface area contributed by atoms with Crippen LogP contribution in [-0.4, -0.2) is 23.5 Å². The zero-order valence-electron chi connectivity index (χ0n) is 7.83. The second-order valence-electron chi connectivity index (χ2n) is 3.44. The molecule has 1 saturated heterocycles. The summed E-state index contributed by atoms with van der Waals surface area (Å²) in [5, 5.41) is 3.46. The number of carbonyl (C=O) groups is 1. The Hall–Kier alpha value is -1.22. The average molecular weight is 211 g/mol. The van der Waals surface area contributed by atoms with Crippen LogP contribution in [0.1, 0.15) is 6.92 Å². The Balaban J connectivity index is 1.97. The molecular weight excluding hydrogens is 200 g/mol. The van der Waals surface area contributed by atoms with E-state index in [4.69, 9.17) is 11.6 Å². The number of urea groups is 1. The Kier molecular flexibility index (Phi) is 2.33. The summed E-state index contributed by atoms with van der Waals surface area (Å²) in [6.07, 6.45) is 0. The molecule has 1 aliphatic heterocycles. The highest BCUT2D eigenvalue weighted by atomic mass is 35.5. The molecule has 0 bridgehead atoms. The Labute approximate surface area is 87.7 Å². The van der Waals surface area contributed by atoms with Crippen LogP contribution in [0.15, 0.2) is 24.3 Å². The second kappa shape index (κ2) is 3.50. The van der Waals surface area contributed by atoms with Crippen molar-refractivity contribution in [3.05, 3.63) is 29.3 Å². The fourth-order valence-electron chi connectivity index (χ4n) is 1.25. The highest BCUT2D eigenvalue weighted by molar-refractivity contribution is 6.30. The van der Waals surface area contributed by atoms with Gasteiger partial charge in [0.15, 0.2) is 0 Å². The molecule has 0 aromatic heterocycles. The maximum atomic E-state index is 11.5. The maximum absolute atomic E-state index is 11.5. The first-order valence-electron chi connectivity index (χ1n) is 4.50. The molecule has 0 unspecified atom stereocenters. The van der Waals surface area contributed by atoms with Gasteiger partial charge in [-0.3, -0.25) is 0 Å². The average Bonchev–Trinajstić information content (AvgIpc) is 2.87. The number of hydrogen-bond acceptors (Lipinski definition) is 1. The number of nitrogens with zero attached hydrogens (tertiary/aromatic N) is 1. The van der Waals surface area contributed by atoms with Crippen molar-refractivity contribution in [2.45, 2.75) is 13.0 Å². The van der Waals surface area contributed by atoms with E-state index in [9.17, 15) is 4.79 Å². The van der Waals surface area contributed by atoms with E-state index in [1.807, 2.05) is 6.92 Å². The Morgan fingerprint density at radius 1 is 1.50 bits per heavy atom. The van der Waals surface area contributed by atoms with E-state index in [-0.39, 0.29) is 6.03 Å². The molecule has 2 rings (SSSR count). The van der Waals surface area contributed by atoms with E-state index in [2.05, 4.69) is 5.32 Å². The number of amides is 2. The van der Waals surface area contributed by atoms with Crippen LogP contribution in [0, 0.1) is 0 Å². The first kappa shape index (κ1) is 9.34. The van der Waals surface area contributed by atoms with Crippen LogP contribution in [0.2, 0.25) is 5.02 Å². The minimum absolute atomic E-state index is 0.0418. The number of rotatable bonds is 1. The van der Waals surface area contributed by atoms with Crippen LogP contribution in [0.5, 0.6) is 0 Å². The van der Waals surface area contributed by atoms with Crippen molar-refractivity contribution >= 4 is 23.3 Å². The van der Waals surface area contributed by atoms with E-state index >= 15 is 0 Å². The monoisotopic (exact) mass is 210 g/mol. The molecule has 1 N–H and O–H groups in total. The summed E-state index contributed by atoms with van der Waals surface area (Å²) in [6, 6.07) is 7.41. The van der Waals surface area contributed by atoms with Crippen molar-refractivity contribution in [2.24, 2.45) is 0 Å². The Morgan fingerprint density at radius 3 is 2.57 bits per heavy atom. The van der Waals surface area contributed by atoms with Gasteiger partial charge < -0.3 is 10.2 Å². The molecule has 0 aliphatic carbocycles. The van der Waals surface area contributed by atoms with Gasteiger partial charge in [-0.1, -0.05) is 11.6 Å². The summed E-state index contributed by atoms with van der Waals surface area (Å²) >= 11 is 5.72. The lowest BCUT2D eigenvalue weighted by atomic mass is 10.3. The highest BCUT2D eigenvalue weighted by Crippen LogP contribution is 2.19. The lowest BCUT2D eigenvalue weighted by Gasteiger charge is -2.05. The van der Waals surface area contributed by atoms with Gasteiger partial charge in [-0.15, -0.1) is 0 Å². The molecular formula is C10H11ClN2O. The van der Waals surface area contributed by atoms with Gasteiger partial charge >= 0.3 is 6.03 Å². The van der Waals surface area contributed by atoms with E-state index in [0.29, 0.717) is 11.1 Å². The number of nitrogens with one attached hydrogen (secondary N) is 1. The molecule has 3 nitrogen and oxygen atoms in total. The van der Waals surface area contributed by atoms with E-state index in [0.717, 1.165) is 12.2 Å². The van der Waals surface area contributed by atoms with Crippen LogP contribution >= 0.6 is 11.6 Å². The standard InChI is InChI=1S/C10H11ClN2O/c1-7-6-13(7)10(14)12-9-4-2-8(11)3-5-9/h2-5,7H,6H2,1H3,(H,12,14)/t7-,13?/m1/s1. The third kappa shape index (κ3) is 1.99. The molecule has 0 radical (unpaired) electrons. The highest BCUT2D eigenvalue weighted by Gasteiger charge is 2.33. The van der Waals surface area contributed by atoms with Crippen molar-refractivity contribution in [3.63, 3.8) is 0 Å². The lowest BCUT2D eigenvalue weighted by molar-refractivity contribution is 0.240. The van der Waals surface area contributed by atoms with Crippen molar-refractivity contribution in [3.8, 4) is 0 Å². The normalized spacial score (nSPS) is 19.3. The number of anilines is 1. The zero-order chi connectivity index (χ0) is 10.1. The van der Waals surface area contributed by atoms with Crippen molar-refractivity contribution in [2.75, 3.05) is 11.9 Å². The molecule has 1 aromatic carbocycles.